The Hall–Kier alpha value is -3.23. The summed E-state index contributed by atoms with van der Waals surface area (Å²) in [7, 11) is 0. The molecule has 9 heteroatoms. The molecule has 0 aliphatic carbocycles. The molecule has 1 heterocycles. The fourth-order valence-corrected chi connectivity index (χ4v) is 2.65. The Kier molecular flexibility index (Phi) is 6.64. The molecule has 1 amide bonds. The van der Waals surface area contributed by atoms with E-state index in [1.165, 1.54) is 17.7 Å². The number of aryl methyl sites for hydroxylation is 2. The number of rotatable bonds is 8. The summed E-state index contributed by atoms with van der Waals surface area (Å²) in [6, 6.07) is 7.00. The van der Waals surface area contributed by atoms with Gasteiger partial charge in [0.1, 0.15) is 19.3 Å². The van der Waals surface area contributed by atoms with Crippen molar-refractivity contribution in [1.29, 1.82) is 0 Å². The van der Waals surface area contributed by atoms with Crippen molar-refractivity contribution in [1.82, 2.24) is 14.9 Å². The number of nitro groups is 1. The number of benzene rings is 1. The van der Waals surface area contributed by atoms with Crippen molar-refractivity contribution in [3.63, 3.8) is 0 Å². The number of carbonyl (C=O) groups is 2. The third kappa shape index (κ3) is 5.63. The molecule has 0 saturated carbocycles. The van der Waals surface area contributed by atoms with Crippen LogP contribution in [0.4, 0.5) is 5.82 Å². The van der Waals surface area contributed by atoms with Crippen LogP contribution in [0.15, 0.2) is 30.5 Å². The van der Waals surface area contributed by atoms with Crippen LogP contribution in [0.1, 0.15) is 36.3 Å². The molecule has 0 fully saturated rings. The van der Waals surface area contributed by atoms with Crippen molar-refractivity contribution in [3.8, 4) is 0 Å². The molecule has 144 valence electrons. The van der Waals surface area contributed by atoms with E-state index < -0.39 is 16.9 Å². The lowest BCUT2D eigenvalue weighted by atomic mass is 10.0. The molecule has 1 aromatic heterocycles. The molecule has 1 aromatic carbocycles. The summed E-state index contributed by atoms with van der Waals surface area (Å²) >= 11 is 0. The first kappa shape index (κ1) is 20.1. The number of imidazole rings is 1. The van der Waals surface area contributed by atoms with Crippen LogP contribution in [-0.4, -0.2) is 33.0 Å². The zero-order chi connectivity index (χ0) is 20.0. The highest BCUT2D eigenvalue weighted by molar-refractivity contribution is 5.76. The van der Waals surface area contributed by atoms with Gasteiger partial charge in [0, 0.05) is 13.8 Å². The van der Waals surface area contributed by atoms with Crippen molar-refractivity contribution in [2.24, 2.45) is 0 Å². The summed E-state index contributed by atoms with van der Waals surface area (Å²) < 4.78 is 6.57. The Bertz CT molecular complexity index is 829. The standard InChI is InChI=1S/C18H22N4O5/c1-12-4-6-15(7-5-12)16(20-14(3)23)10-18(24)27-9-8-21-13(2)19-11-17(21)22(25)26/h4-7,11,16H,8-10H2,1-3H3,(H,20,23). The Morgan fingerprint density at radius 2 is 1.96 bits per heavy atom. The molecule has 0 bridgehead atoms. The first-order chi connectivity index (χ1) is 12.8. The van der Waals surface area contributed by atoms with Gasteiger partial charge < -0.3 is 20.2 Å². The number of hydrogen-bond donors (Lipinski definition) is 1. The van der Waals surface area contributed by atoms with E-state index in [-0.39, 0.29) is 31.3 Å². The molecular weight excluding hydrogens is 352 g/mol. The van der Waals surface area contributed by atoms with Crippen molar-refractivity contribution >= 4 is 17.7 Å². The predicted molar refractivity (Wildman–Crippen MR) is 96.9 cm³/mol. The average molecular weight is 374 g/mol. The van der Waals surface area contributed by atoms with Crippen LogP contribution >= 0.6 is 0 Å². The van der Waals surface area contributed by atoms with Crippen LogP contribution < -0.4 is 5.32 Å². The van der Waals surface area contributed by atoms with E-state index in [2.05, 4.69) is 10.3 Å². The Morgan fingerprint density at radius 3 is 2.56 bits per heavy atom. The molecule has 9 nitrogen and oxygen atoms in total. The van der Waals surface area contributed by atoms with Crippen molar-refractivity contribution in [2.45, 2.75) is 39.8 Å². The summed E-state index contributed by atoms with van der Waals surface area (Å²) in [6.07, 6.45) is 1.13. The maximum absolute atomic E-state index is 12.2. The van der Waals surface area contributed by atoms with Crippen molar-refractivity contribution in [3.05, 3.63) is 57.5 Å². The molecule has 0 radical (unpaired) electrons. The van der Waals surface area contributed by atoms with Crippen LogP contribution in [0.3, 0.4) is 0 Å². The van der Waals surface area contributed by atoms with Crippen LogP contribution in [-0.2, 0) is 20.9 Å². The minimum atomic E-state index is -0.536. The third-order valence-corrected chi connectivity index (χ3v) is 4.03. The topological polar surface area (TPSA) is 116 Å². The zero-order valence-electron chi connectivity index (χ0n) is 15.5. The summed E-state index contributed by atoms with van der Waals surface area (Å²) in [5.74, 6) is -0.444. The number of hydrogen-bond acceptors (Lipinski definition) is 6. The third-order valence-electron chi connectivity index (χ3n) is 4.03. The maximum atomic E-state index is 12.2. The second kappa shape index (κ2) is 8.93. The van der Waals surface area contributed by atoms with Gasteiger partial charge in [0.15, 0.2) is 5.82 Å². The van der Waals surface area contributed by atoms with Gasteiger partial charge in [0.2, 0.25) is 5.91 Å². The molecule has 0 aliphatic rings. The van der Waals surface area contributed by atoms with Crippen LogP contribution in [0, 0.1) is 24.0 Å². The van der Waals surface area contributed by atoms with Crippen LogP contribution in [0.25, 0.3) is 0 Å². The predicted octanol–water partition coefficient (Wildman–Crippen LogP) is 2.22. The van der Waals surface area contributed by atoms with Gasteiger partial charge in [0.05, 0.1) is 12.5 Å². The van der Waals surface area contributed by atoms with Crippen LogP contribution in [0.5, 0.6) is 0 Å². The number of carbonyl (C=O) groups excluding carboxylic acids is 2. The second-order valence-electron chi connectivity index (χ2n) is 6.16. The van der Waals surface area contributed by atoms with Gasteiger partial charge in [-0.2, -0.15) is 0 Å². The summed E-state index contributed by atoms with van der Waals surface area (Å²) in [6.45, 7) is 5.07. The SMILES string of the molecule is CC(=O)NC(CC(=O)OCCn1c([N+](=O)[O-])cnc1C)c1ccc(C)cc1. The Labute approximate surface area is 156 Å². The molecule has 1 atom stereocenters. The highest BCUT2D eigenvalue weighted by atomic mass is 16.6. The van der Waals surface area contributed by atoms with E-state index in [9.17, 15) is 19.7 Å². The van der Waals surface area contributed by atoms with Gasteiger partial charge in [-0.1, -0.05) is 29.8 Å². The number of ether oxygens (including phenoxy) is 1. The van der Waals surface area contributed by atoms with Crippen molar-refractivity contribution in [2.75, 3.05) is 6.61 Å². The summed E-state index contributed by atoms with van der Waals surface area (Å²) in [4.78, 5) is 37.9. The number of amides is 1. The van der Waals surface area contributed by atoms with Gasteiger partial charge >= 0.3 is 11.8 Å². The van der Waals surface area contributed by atoms with Gasteiger partial charge in [-0.3, -0.25) is 9.59 Å². The lowest BCUT2D eigenvalue weighted by Gasteiger charge is -2.18. The van der Waals surface area contributed by atoms with Gasteiger partial charge in [-0.15, -0.1) is 0 Å². The molecule has 27 heavy (non-hydrogen) atoms. The monoisotopic (exact) mass is 374 g/mol. The quantitative estimate of drug-likeness (QED) is 0.430. The molecular formula is C18H22N4O5. The largest absolute Gasteiger partial charge is 0.461 e. The fourth-order valence-electron chi connectivity index (χ4n) is 2.65. The van der Waals surface area contributed by atoms with E-state index in [0.717, 1.165) is 11.1 Å². The second-order valence-corrected chi connectivity index (χ2v) is 6.16. The summed E-state index contributed by atoms with van der Waals surface area (Å²) in [5, 5.41) is 13.7. The molecule has 0 saturated heterocycles. The molecule has 0 spiro atoms. The van der Waals surface area contributed by atoms with E-state index in [1.54, 1.807) is 6.92 Å². The zero-order valence-corrected chi connectivity index (χ0v) is 15.5. The molecule has 1 unspecified atom stereocenters. The maximum Gasteiger partial charge on any atom is 0.342 e. The van der Waals surface area contributed by atoms with E-state index >= 15 is 0 Å². The normalized spacial score (nSPS) is 11.7. The molecule has 2 rings (SSSR count). The fraction of sp³-hybridized carbons (Fsp3) is 0.389. The highest BCUT2D eigenvalue weighted by Crippen LogP contribution is 2.19. The molecule has 0 aliphatic heterocycles. The molecule has 2 aromatic rings. The first-order valence-electron chi connectivity index (χ1n) is 8.43. The van der Waals surface area contributed by atoms with Crippen LogP contribution in [0.2, 0.25) is 0 Å². The van der Waals surface area contributed by atoms with E-state index in [1.807, 2.05) is 31.2 Å². The smallest absolute Gasteiger partial charge is 0.342 e. The minimum absolute atomic E-state index is 0.0302. The number of aromatic nitrogens is 2. The highest BCUT2D eigenvalue weighted by Gasteiger charge is 2.20. The van der Waals surface area contributed by atoms with E-state index in [4.69, 9.17) is 4.74 Å². The molecule has 1 N–H and O–H groups in total. The Balaban J connectivity index is 1.96. The van der Waals surface area contributed by atoms with Gasteiger partial charge in [0.25, 0.3) is 0 Å². The van der Waals surface area contributed by atoms with Gasteiger partial charge in [-0.05, 0) is 17.4 Å². The lowest BCUT2D eigenvalue weighted by Crippen LogP contribution is -2.29. The Morgan fingerprint density at radius 1 is 1.30 bits per heavy atom. The lowest BCUT2D eigenvalue weighted by molar-refractivity contribution is -0.392. The minimum Gasteiger partial charge on any atom is -0.461 e. The van der Waals surface area contributed by atoms with E-state index in [0.29, 0.717) is 5.82 Å². The van der Waals surface area contributed by atoms with Gasteiger partial charge in [-0.25, -0.2) is 9.55 Å². The number of nitrogens with one attached hydrogen (secondary N) is 1. The van der Waals surface area contributed by atoms with Crippen molar-refractivity contribution < 1.29 is 19.2 Å². The summed E-state index contributed by atoms with van der Waals surface area (Å²) in [5.41, 5.74) is 1.87. The first-order valence-corrected chi connectivity index (χ1v) is 8.43. The number of nitrogens with zero attached hydrogens (tertiary/aromatic N) is 3. The number of esters is 1. The average Bonchev–Trinajstić information content (AvgIpc) is 2.96.